The molecule has 0 aliphatic carbocycles. The van der Waals surface area contributed by atoms with E-state index in [9.17, 15) is 0 Å². The van der Waals surface area contributed by atoms with Crippen LogP contribution >= 0.6 is 0 Å². The van der Waals surface area contributed by atoms with Crippen molar-refractivity contribution in [2.75, 3.05) is 13.2 Å². The lowest BCUT2D eigenvalue weighted by atomic mass is 10.2. The van der Waals surface area contributed by atoms with Crippen molar-refractivity contribution >= 4 is 10.2 Å². The zero-order valence-electron chi connectivity index (χ0n) is 9.12. The van der Waals surface area contributed by atoms with Gasteiger partial charge in [0.15, 0.2) is 5.41 Å². The van der Waals surface area contributed by atoms with Crippen LogP contribution in [0.25, 0.3) is 0 Å². The summed E-state index contributed by atoms with van der Waals surface area (Å²) < 4.78 is 11.4. The summed E-state index contributed by atoms with van der Waals surface area (Å²) in [5.74, 6) is 0. The van der Waals surface area contributed by atoms with Crippen LogP contribution in [0.1, 0.15) is 19.4 Å². The first kappa shape index (κ1) is 11.4. The molecule has 0 aliphatic heterocycles. The molecular formula is C11H18O2Si. The van der Waals surface area contributed by atoms with Crippen LogP contribution in [0.4, 0.5) is 0 Å². The molecule has 0 atom stereocenters. The number of rotatable bonds is 5. The summed E-state index contributed by atoms with van der Waals surface area (Å²) in [4.78, 5) is 0. The Morgan fingerprint density at radius 3 is 2.00 bits per heavy atom. The molecule has 1 aromatic carbocycles. The van der Waals surface area contributed by atoms with Gasteiger partial charge in [-0.25, -0.2) is 0 Å². The molecule has 1 aromatic rings. The largest absolute Gasteiger partial charge is 0.351 e. The molecule has 0 aromatic heterocycles. The SMILES string of the molecule is CCOC([SiH3])(OCC)c1ccccc1. The molecule has 2 nitrogen and oxygen atoms in total. The van der Waals surface area contributed by atoms with E-state index in [2.05, 4.69) is 12.1 Å². The molecule has 0 N–H and O–H groups in total. The summed E-state index contributed by atoms with van der Waals surface area (Å²) in [7, 11) is 0.831. The average molecular weight is 210 g/mol. The fourth-order valence-electron chi connectivity index (χ4n) is 1.50. The maximum Gasteiger partial charge on any atom is 0.166 e. The molecule has 0 bridgehead atoms. The van der Waals surface area contributed by atoms with Crippen LogP contribution in [-0.2, 0) is 14.9 Å². The van der Waals surface area contributed by atoms with Crippen LogP contribution in [0.3, 0.4) is 0 Å². The molecule has 14 heavy (non-hydrogen) atoms. The zero-order chi connectivity index (χ0) is 10.4. The van der Waals surface area contributed by atoms with Crippen LogP contribution in [0.2, 0.25) is 0 Å². The quantitative estimate of drug-likeness (QED) is 0.538. The Bertz CT molecular complexity index is 255. The molecule has 3 heteroatoms. The topological polar surface area (TPSA) is 18.5 Å². The van der Waals surface area contributed by atoms with Gasteiger partial charge in [0.25, 0.3) is 0 Å². The van der Waals surface area contributed by atoms with Crippen molar-refractivity contribution in [1.29, 1.82) is 0 Å². The number of benzene rings is 1. The standard InChI is InChI=1S/C11H18O2Si/c1-3-12-11(14,13-4-2)10-8-6-5-7-9-10/h5-9H,3-4H2,1-2,14H3. The molecule has 1 rings (SSSR count). The minimum atomic E-state index is -0.467. The molecule has 0 saturated heterocycles. The first-order valence-electron chi connectivity index (χ1n) is 5.06. The van der Waals surface area contributed by atoms with E-state index in [1.807, 2.05) is 32.0 Å². The van der Waals surface area contributed by atoms with Gasteiger partial charge in [-0.2, -0.15) is 0 Å². The minimum absolute atomic E-state index is 0.467. The van der Waals surface area contributed by atoms with Gasteiger partial charge < -0.3 is 9.47 Å². The lowest BCUT2D eigenvalue weighted by molar-refractivity contribution is -0.180. The highest BCUT2D eigenvalue weighted by molar-refractivity contribution is 6.13. The van der Waals surface area contributed by atoms with Gasteiger partial charge in [0.2, 0.25) is 0 Å². The minimum Gasteiger partial charge on any atom is -0.351 e. The van der Waals surface area contributed by atoms with Gasteiger partial charge in [-0.3, -0.25) is 0 Å². The van der Waals surface area contributed by atoms with E-state index in [1.54, 1.807) is 0 Å². The van der Waals surface area contributed by atoms with Crippen molar-refractivity contribution in [2.45, 2.75) is 19.3 Å². The lowest BCUT2D eigenvalue weighted by Crippen LogP contribution is -2.33. The van der Waals surface area contributed by atoms with Gasteiger partial charge in [0, 0.05) is 18.8 Å². The Hall–Kier alpha value is -0.643. The third kappa shape index (κ3) is 2.67. The van der Waals surface area contributed by atoms with Gasteiger partial charge in [0.1, 0.15) is 0 Å². The van der Waals surface area contributed by atoms with Crippen LogP contribution < -0.4 is 0 Å². The highest BCUT2D eigenvalue weighted by Gasteiger charge is 2.26. The van der Waals surface area contributed by atoms with Crippen LogP contribution in [0.15, 0.2) is 30.3 Å². The highest BCUT2D eigenvalue weighted by Crippen LogP contribution is 2.23. The lowest BCUT2D eigenvalue weighted by Gasteiger charge is -2.30. The summed E-state index contributed by atoms with van der Waals surface area (Å²) in [6, 6.07) is 10.1. The van der Waals surface area contributed by atoms with E-state index < -0.39 is 5.41 Å². The van der Waals surface area contributed by atoms with E-state index in [-0.39, 0.29) is 0 Å². The normalized spacial score (nSPS) is 11.9. The Morgan fingerprint density at radius 1 is 1.07 bits per heavy atom. The molecule has 0 unspecified atom stereocenters. The van der Waals surface area contributed by atoms with Crippen molar-refractivity contribution in [3.8, 4) is 0 Å². The zero-order valence-corrected chi connectivity index (χ0v) is 11.1. The highest BCUT2D eigenvalue weighted by atomic mass is 28.1. The fraction of sp³-hybridized carbons (Fsp3) is 0.455. The van der Waals surface area contributed by atoms with E-state index in [4.69, 9.17) is 9.47 Å². The molecule has 0 radical (unpaired) electrons. The van der Waals surface area contributed by atoms with Gasteiger partial charge >= 0.3 is 0 Å². The fourth-order valence-corrected chi connectivity index (χ4v) is 2.41. The van der Waals surface area contributed by atoms with Crippen molar-refractivity contribution in [1.82, 2.24) is 0 Å². The maximum absolute atomic E-state index is 5.70. The molecule has 0 fully saturated rings. The van der Waals surface area contributed by atoms with E-state index in [0.717, 1.165) is 15.8 Å². The molecule has 0 amide bonds. The van der Waals surface area contributed by atoms with Crippen LogP contribution in [0.5, 0.6) is 0 Å². The monoisotopic (exact) mass is 210 g/mol. The smallest absolute Gasteiger partial charge is 0.166 e. The molecular weight excluding hydrogens is 192 g/mol. The first-order valence-corrected chi connectivity index (χ1v) is 6.06. The summed E-state index contributed by atoms with van der Waals surface area (Å²) in [5.41, 5.74) is 0.653. The predicted molar refractivity (Wildman–Crippen MR) is 61.3 cm³/mol. The second-order valence-corrected chi connectivity index (χ2v) is 4.49. The molecule has 0 heterocycles. The van der Waals surface area contributed by atoms with Gasteiger partial charge in [0.05, 0.1) is 10.2 Å². The van der Waals surface area contributed by atoms with Gasteiger partial charge in [-0.1, -0.05) is 30.3 Å². The predicted octanol–water partition coefficient (Wildman–Crippen LogP) is 1.24. The Labute approximate surface area is 88.7 Å². The maximum atomic E-state index is 5.70. The van der Waals surface area contributed by atoms with E-state index in [0.29, 0.717) is 13.2 Å². The van der Waals surface area contributed by atoms with Crippen molar-refractivity contribution in [3.63, 3.8) is 0 Å². The third-order valence-electron chi connectivity index (χ3n) is 2.14. The van der Waals surface area contributed by atoms with E-state index >= 15 is 0 Å². The molecule has 0 spiro atoms. The van der Waals surface area contributed by atoms with Gasteiger partial charge in [-0.15, -0.1) is 0 Å². The molecule has 0 saturated carbocycles. The number of hydrogen-bond donors (Lipinski definition) is 0. The summed E-state index contributed by atoms with van der Waals surface area (Å²) in [6.07, 6.45) is 0. The summed E-state index contributed by atoms with van der Waals surface area (Å²) >= 11 is 0. The van der Waals surface area contributed by atoms with Crippen molar-refractivity contribution < 1.29 is 9.47 Å². The number of ether oxygens (including phenoxy) is 2. The average Bonchev–Trinajstić information content (AvgIpc) is 2.20. The molecule has 0 aliphatic rings. The molecule has 78 valence electrons. The Morgan fingerprint density at radius 2 is 1.57 bits per heavy atom. The summed E-state index contributed by atoms with van der Waals surface area (Å²) in [5, 5.41) is 0. The Balaban J connectivity index is 2.87. The van der Waals surface area contributed by atoms with Crippen LogP contribution in [0, 0.1) is 0 Å². The van der Waals surface area contributed by atoms with Crippen LogP contribution in [-0.4, -0.2) is 23.5 Å². The summed E-state index contributed by atoms with van der Waals surface area (Å²) in [6.45, 7) is 5.35. The second-order valence-electron chi connectivity index (χ2n) is 3.18. The second kappa shape index (κ2) is 5.29. The van der Waals surface area contributed by atoms with E-state index in [1.165, 1.54) is 0 Å². The first-order chi connectivity index (χ1) is 6.73. The third-order valence-corrected chi connectivity index (χ3v) is 3.29. The Kier molecular flexibility index (Phi) is 4.32. The van der Waals surface area contributed by atoms with Crippen molar-refractivity contribution in [2.24, 2.45) is 0 Å². The van der Waals surface area contributed by atoms with Gasteiger partial charge in [-0.05, 0) is 13.8 Å². The van der Waals surface area contributed by atoms with Crippen molar-refractivity contribution in [3.05, 3.63) is 35.9 Å². The number of hydrogen-bond acceptors (Lipinski definition) is 2.